The van der Waals surface area contributed by atoms with Gasteiger partial charge in [-0.3, -0.25) is 4.79 Å². The number of hydrogen-bond donors (Lipinski definition) is 2. The zero-order valence-electron chi connectivity index (χ0n) is 15.0. The maximum atomic E-state index is 12.8. The Morgan fingerprint density at radius 3 is 2.12 bits per heavy atom. The molecule has 2 rings (SSSR count). The van der Waals surface area contributed by atoms with Gasteiger partial charge in [0.05, 0.1) is 4.90 Å². The summed E-state index contributed by atoms with van der Waals surface area (Å²) in [5.74, 6) is -0.589. The second-order valence-electron chi connectivity index (χ2n) is 7.01. The Labute approximate surface area is 153 Å². The summed E-state index contributed by atoms with van der Waals surface area (Å²) < 4.78 is 39.9. The Kier molecular flexibility index (Phi) is 6.15. The van der Waals surface area contributed by atoms with Crippen molar-refractivity contribution in [1.29, 1.82) is 0 Å². The van der Waals surface area contributed by atoms with Crippen molar-refractivity contribution in [2.45, 2.75) is 37.6 Å². The minimum atomic E-state index is -3.63. The van der Waals surface area contributed by atoms with Gasteiger partial charge in [0.1, 0.15) is 5.82 Å². The van der Waals surface area contributed by atoms with Gasteiger partial charge in [0.25, 0.3) is 5.91 Å². The van der Waals surface area contributed by atoms with Gasteiger partial charge in [0.2, 0.25) is 10.0 Å². The van der Waals surface area contributed by atoms with Gasteiger partial charge >= 0.3 is 0 Å². The van der Waals surface area contributed by atoms with Crippen LogP contribution in [0.5, 0.6) is 0 Å². The molecule has 0 aliphatic carbocycles. The van der Waals surface area contributed by atoms with Crippen LogP contribution in [0.2, 0.25) is 0 Å². The SMILES string of the molecule is CC(C)(C)NS(=O)(=O)c1ccc(C(=O)NCCc2ccc(F)cc2)cc1. The summed E-state index contributed by atoms with van der Waals surface area (Å²) in [5, 5.41) is 2.76. The lowest BCUT2D eigenvalue weighted by Gasteiger charge is -2.20. The van der Waals surface area contributed by atoms with Crippen molar-refractivity contribution in [3.8, 4) is 0 Å². The van der Waals surface area contributed by atoms with E-state index in [0.29, 0.717) is 18.5 Å². The summed E-state index contributed by atoms with van der Waals surface area (Å²) in [7, 11) is -3.63. The standard InChI is InChI=1S/C19H23FN2O3S/c1-19(2,3)22-26(24,25)17-10-6-15(7-11-17)18(23)21-13-12-14-4-8-16(20)9-5-14/h4-11,22H,12-13H2,1-3H3,(H,21,23). The Hall–Kier alpha value is -2.25. The molecule has 2 N–H and O–H groups in total. The lowest BCUT2D eigenvalue weighted by atomic mass is 10.1. The first-order chi connectivity index (χ1) is 12.1. The van der Waals surface area contributed by atoms with Crippen LogP contribution in [0.1, 0.15) is 36.7 Å². The fraction of sp³-hybridized carbons (Fsp3) is 0.316. The van der Waals surface area contributed by atoms with Crippen molar-refractivity contribution in [2.75, 3.05) is 6.54 Å². The smallest absolute Gasteiger partial charge is 0.251 e. The molecule has 0 saturated heterocycles. The molecule has 7 heteroatoms. The molecule has 0 atom stereocenters. The molecule has 5 nitrogen and oxygen atoms in total. The van der Waals surface area contributed by atoms with E-state index in [4.69, 9.17) is 0 Å². The fourth-order valence-corrected chi connectivity index (χ4v) is 3.74. The van der Waals surface area contributed by atoms with Gasteiger partial charge in [-0.2, -0.15) is 0 Å². The molecule has 1 amide bonds. The van der Waals surface area contributed by atoms with Crippen LogP contribution in [-0.2, 0) is 16.4 Å². The Bertz CT molecular complexity index is 855. The quantitative estimate of drug-likeness (QED) is 0.812. The van der Waals surface area contributed by atoms with E-state index in [1.165, 1.54) is 36.4 Å². The molecule has 0 heterocycles. The Morgan fingerprint density at radius 2 is 1.58 bits per heavy atom. The fourth-order valence-electron chi connectivity index (χ4n) is 2.32. The van der Waals surface area contributed by atoms with Crippen molar-refractivity contribution < 1.29 is 17.6 Å². The normalized spacial score (nSPS) is 12.0. The van der Waals surface area contributed by atoms with Crippen LogP contribution < -0.4 is 10.0 Å². The largest absolute Gasteiger partial charge is 0.352 e. The van der Waals surface area contributed by atoms with Gasteiger partial charge < -0.3 is 5.32 Å². The average molecular weight is 378 g/mol. The number of carbonyl (C=O) groups is 1. The highest BCUT2D eigenvalue weighted by Crippen LogP contribution is 2.14. The second kappa shape index (κ2) is 7.97. The molecule has 0 radical (unpaired) electrons. The van der Waals surface area contributed by atoms with Gasteiger partial charge in [-0.1, -0.05) is 12.1 Å². The van der Waals surface area contributed by atoms with Gasteiger partial charge in [0, 0.05) is 17.6 Å². The number of nitrogens with one attached hydrogen (secondary N) is 2. The minimum absolute atomic E-state index is 0.107. The zero-order valence-corrected chi connectivity index (χ0v) is 15.9. The Morgan fingerprint density at radius 1 is 1.00 bits per heavy atom. The van der Waals surface area contributed by atoms with E-state index in [0.717, 1.165) is 5.56 Å². The average Bonchev–Trinajstić information content (AvgIpc) is 2.54. The molecule has 140 valence electrons. The second-order valence-corrected chi connectivity index (χ2v) is 8.69. The lowest BCUT2D eigenvalue weighted by Crippen LogP contribution is -2.40. The van der Waals surface area contributed by atoms with Crippen LogP contribution in [-0.4, -0.2) is 26.4 Å². The number of sulfonamides is 1. The molecular formula is C19H23FN2O3S. The zero-order chi connectivity index (χ0) is 19.4. The molecule has 26 heavy (non-hydrogen) atoms. The molecule has 0 fully saturated rings. The summed E-state index contributed by atoms with van der Waals surface area (Å²) in [5.41, 5.74) is 0.704. The van der Waals surface area contributed by atoms with Gasteiger partial charge in [-0.05, 0) is 69.2 Å². The van der Waals surface area contributed by atoms with E-state index in [1.54, 1.807) is 32.9 Å². The molecule has 0 bridgehead atoms. The van der Waals surface area contributed by atoms with Crippen molar-refractivity contribution in [2.24, 2.45) is 0 Å². The number of rotatable bonds is 6. The van der Waals surface area contributed by atoms with Gasteiger partial charge in [-0.15, -0.1) is 0 Å². The van der Waals surface area contributed by atoms with E-state index in [1.807, 2.05) is 0 Å². The third-order valence-corrected chi connectivity index (χ3v) is 5.25. The highest BCUT2D eigenvalue weighted by Gasteiger charge is 2.22. The molecule has 0 aromatic heterocycles. The van der Waals surface area contributed by atoms with Crippen LogP contribution in [0.15, 0.2) is 53.4 Å². The first-order valence-electron chi connectivity index (χ1n) is 8.23. The number of amides is 1. The predicted molar refractivity (Wildman–Crippen MR) is 99.0 cm³/mol. The molecule has 0 unspecified atom stereocenters. The van der Waals surface area contributed by atoms with Crippen molar-refractivity contribution in [1.82, 2.24) is 10.0 Å². The van der Waals surface area contributed by atoms with Crippen LogP contribution in [0, 0.1) is 5.82 Å². The summed E-state index contributed by atoms with van der Waals surface area (Å²) in [6.07, 6.45) is 0.577. The van der Waals surface area contributed by atoms with E-state index < -0.39 is 15.6 Å². The number of benzene rings is 2. The first-order valence-corrected chi connectivity index (χ1v) is 9.72. The highest BCUT2D eigenvalue weighted by atomic mass is 32.2. The minimum Gasteiger partial charge on any atom is -0.352 e. The summed E-state index contributed by atoms with van der Waals surface area (Å²) in [6, 6.07) is 11.9. The third-order valence-electron chi connectivity index (χ3n) is 3.48. The number of halogens is 1. The molecule has 0 aliphatic heterocycles. The van der Waals surface area contributed by atoms with Crippen LogP contribution in [0.25, 0.3) is 0 Å². The predicted octanol–water partition coefficient (Wildman–Crippen LogP) is 2.88. The highest BCUT2D eigenvalue weighted by molar-refractivity contribution is 7.89. The van der Waals surface area contributed by atoms with Crippen LogP contribution in [0.4, 0.5) is 4.39 Å². The number of carbonyl (C=O) groups excluding carboxylic acids is 1. The van der Waals surface area contributed by atoms with Crippen molar-refractivity contribution >= 4 is 15.9 Å². The molecule has 0 saturated carbocycles. The maximum absolute atomic E-state index is 12.8. The number of hydrogen-bond acceptors (Lipinski definition) is 3. The summed E-state index contributed by atoms with van der Waals surface area (Å²) in [4.78, 5) is 12.2. The first kappa shape index (κ1) is 20.1. The van der Waals surface area contributed by atoms with E-state index in [-0.39, 0.29) is 16.6 Å². The van der Waals surface area contributed by atoms with Crippen LogP contribution in [0.3, 0.4) is 0 Å². The van der Waals surface area contributed by atoms with E-state index >= 15 is 0 Å². The maximum Gasteiger partial charge on any atom is 0.251 e. The van der Waals surface area contributed by atoms with Crippen molar-refractivity contribution in [3.63, 3.8) is 0 Å². The molecule has 2 aromatic carbocycles. The molecule has 0 spiro atoms. The monoisotopic (exact) mass is 378 g/mol. The Balaban J connectivity index is 1.95. The van der Waals surface area contributed by atoms with Gasteiger partial charge in [-0.25, -0.2) is 17.5 Å². The van der Waals surface area contributed by atoms with E-state index in [9.17, 15) is 17.6 Å². The molecule has 2 aromatic rings. The third kappa shape index (κ3) is 5.93. The van der Waals surface area contributed by atoms with Crippen LogP contribution >= 0.6 is 0 Å². The van der Waals surface area contributed by atoms with E-state index in [2.05, 4.69) is 10.0 Å². The molecular weight excluding hydrogens is 355 g/mol. The lowest BCUT2D eigenvalue weighted by molar-refractivity contribution is 0.0954. The van der Waals surface area contributed by atoms with Crippen molar-refractivity contribution in [3.05, 3.63) is 65.5 Å². The summed E-state index contributed by atoms with van der Waals surface area (Å²) in [6.45, 7) is 5.67. The van der Waals surface area contributed by atoms with Gasteiger partial charge in [0.15, 0.2) is 0 Å². The molecule has 0 aliphatic rings. The topological polar surface area (TPSA) is 75.3 Å². The summed E-state index contributed by atoms with van der Waals surface area (Å²) >= 11 is 0.